The fraction of sp³-hybridized carbons (Fsp3) is 0.0714. The number of nitrogens with zero attached hydrogens (tertiary/aromatic N) is 4. The van der Waals surface area contributed by atoms with Crippen LogP contribution in [0.3, 0.4) is 0 Å². The number of benzene rings is 3. The van der Waals surface area contributed by atoms with Gasteiger partial charge in [0.1, 0.15) is 24.1 Å². The average molecular weight is 514 g/mol. The molecule has 38 heavy (non-hydrogen) atoms. The molecule has 0 unspecified atom stereocenters. The summed E-state index contributed by atoms with van der Waals surface area (Å²) in [6.07, 6.45) is 1.43. The predicted octanol–water partition coefficient (Wildman–Crippen LogP) is 5.71. The number of hydrogen-bond acceptors (Lipinski definition) is 5. The first-order chi connectivity index (χ1) is 18.3. The van der Waals surface area contributed by atoms with Gasteiger partial charge in [0.05, 0.1) is 46.8 Å². The molecule has 0 aliphatic rings. The summed E-state index contributed by atoms with van der Waals surface area (Å²) in [6.45, 7) is -0.248. The Bertz CT molecular complexity index is 1740. The van der Waals surface area contributed by atoms with E-state index in [9.17, 15) is 14.3 Å². The van der Waals surface area contributed by atoms with Gasteiger partial charge in [-0.1, -0.05) is 12.1 Å². The van der Waals surface area contributed by atoms with Crippen molar-refractivity contribution in [2.24, 2.45) is 0 Å². The van der Waals surface area contributed by atoms with Crippen LogP contribution < -0.4 is 4.74 Å². The van der Waals surface area contributed by atoms with Crippen molar-refractivity contribution < 1.29 is 27.8 Å². The summed E-state index contributed by atoms with van der Waals surface area (Å²) in [5.41, 5.74) is 1.49. The van der Waals surface area contributed by atoms with Crippen molar-refractivity contribution in [3.05, 3.63) is 113 Å². The van der Waals surface area contributed by atoms with Crippen LogP contribution in [0, 0.1) is 28.8 Å². The van der Waals surface area contributed by atoms with Crippen molar-refractivity contribution in [2.45, 2.75) is 13.2 Å². The monoisotopic (exact) mass is 514 g/mol. The molecule has 0 saturated carbocycles. The molecule has 0 amide bonds. The van der Waals surface area contributed by atoms with Gasteiger partial charge in [-0.15, -0.1) is 0 Å². The quantitative estimate of drug-likeness (QED) is 0.299. The van der Waals surface area contributed by atoms with Crippen molar-refractivity contribution >= 4 is 17.0 Å². The van der Waals surface area contributed by atoms with Crippen LogP contribution in [0.2, 0.25) is 0 Å². The van der Waals surface area contributed by atoms with Gasteiger partial charge in [0.15, 0.2) is 0 Å². The minimum absolute atomic E-state index is 0.0370. The standard InChI is InChI=1S/C28H17F3N4O3/c29-21-8-16(12-32)4-5-18(21)14-38-27-3-1-2-24(34-27)20-11-22(30)19(9-23(20)31)13-35-15-33-25-7-6-17(28(36)37)10-26(25)35/h1-11,15H,13-14H2,(H,36,37). The number of rotatable bonds is 7. The maximum absolute atomic E-state index is 15.1. The molecule has 0 spiro atoms. The Hall–Kier alpha value is -5.17. The number of halogens is 3. The van der Waals surface area contributed by atoms with Gasteiger partial charge >= 0.3 is 5.97 Å². The summed E-state index contributed by atoms with van der Waals surface area (Å²) < 4.78 is 51.4. The van der Waals surface area contributed by atoms with Crippen molar-refractivity contribution in [1.82, 2.24) is 14.5 Å². The number of imidazole rings is 1. The van der Waals surface area contributed by atoms with Gasteiger partial charge in [-0.05, 0) is 48.5 Å². The second-order valence-electron chi connectivity index (χ2n) is 8.37. The number of aromatic nitrogens is 3. The minimum atomic E-state index is -1.11. The van der Waals surface area contributed by atoms with Crippen molar-refractivity contribution in [1.29, 1.82) is 5.26 Å². The van der Waals surface area contributed by atoms with Gasteiger partial charge in [0, 0.05) is 22.8 Å². The largest absolute Gasteiger partial charge is 0.478 e. The molecule has 0 fully saturated rings. The number of nitriles is 1. The van der Waals surface area contributed by atoms with Gasteiger partial charge in [0.2, 0.25) is 5.88 Å². The minimum Gasteiger partial charge on any atom is -0.478 e. The molecule has 5 rings (SSSR count). The van der Waals surface area contributed by atoms with Crippen LogP contribution in [-0.2, 0) is 13.2 Å². The smallest absolute Gasteiger partial charge is 0.335 e. The lowest BCUT2D eigenvalue weighted by Gasteiger charge is -2.11. The summed E-state index contributed by atoms with van der Waals surface area (Å²) in [5, 5.41) is 18.1. The maximum atomic E-state index is 15.1. The topological polar surface area (TPSA) is 101 Å². The number of aromatic carboxylic acids is 1. The van der Waals surface area contributed by atoms with E-state index < -0.39 is 23.4 Å². The van der Waals surface area contributed by atoms with Crippen LogP contribution >= 0.6 is 0 Å². The van der Waals surface area contributed by atoms with Gasteiger partial charge in [-0.25, -0.2) is 27.9 Å². The second-order valence-corrected chi connectivity index (χ2v) is 8.37. The summed E-state index contributed by atoms with van der Waals surface area (Å²) >= 11 is 0. The van der Waals surface area contributed by atoms with E-state index in [1.165, 1.54) is 47.3 Å². The third kappa shape index (κ3) is 4.90. The number of fused-ring (bicyclic) bond motifs is 1. The van der Waals surface area contributed by atoms with Crippen LogP contribution in [0.4, 0.5) is 13.2 Å². The molecular weight excluding hydrogens is 497 g/mol. The Labute approximate surface area is 214 Å². The summed E-state index contributed by atoms with van der Waals surface area (Å²) in [6, 6.07) is 16.9. The molecule has 0 saturated heterocycles. The van der Waals surface area contributed by atoms with E-state index in [4.69, 9.17) is 10.00 Å². The summed E-state index contributed by atoms with van der Waals surface area (Å²) in [4.78, 5) is 19.7. The molecule has 2 aromatic heterocycles. The third-order valence-electron chi connectivity index (χ3n) is 5.90. The van der Waals surface area contributed by atoms with Gasteiger partial charge in [0.25, 0.3) is 0 Å². The molecule has 10 heteroatoms. The van der Waals surface area contributed by atoms with Crippen molar-refractivity contribution in [3.63, 3.8) is 0 Å². The molecular formula is C28H17F3N4O3. The van der Waals surface area contributed by atoms with Gasteiger partial charge in [-0.3, -0.25) is 0 Å². The third-order valence-corrected chi connectivity index (χ3v) is 5.90. The highest BCUT2D eigenvalue weighted by molar-refractivity contribution is 5.92. The molecule has 0 aliphatic carbocycles. The second kappa shape index (κ2) is 10.1. The maximum Gasteiger partial charge on any atom is 0.335 e. The van der Waals surface area contributed by atoms with Gasteiger partial charge < -0.3 is 14.4 Å². The first kappa shape index (κ1) is 24.5. The van der Waals surface area contributed by atoms with E-state index in [2.05, 4.69) is 9.97 Å². The average Bonchev–Trinajstić information content (AvgIpc) is 3.31. The van der Waals surface area contributed by atoms with E-state index in [1.54, 1.807) is 12.1 Å². The molecule has 2 heterocycles. The Balaban J connectivity index is 1.38. The summed E-state index contributed by atoms with van der Waals surface area (Å²) in [5.74, 6) is -3.05. The normalized spacial score (nSPS) is 10.9. The fourth-order valence-corrected chi connectivity index (χ4v) is 3.94. The molecule has 0 bridgehead atoms. The predicted molar refractivity (Wildman–Crippen MR) is 131 cm³/mol. The zero-order valence-corrected chi connectivity index (χ0v) is 19.5. The Morgan fingerprint density at radius 2 is 1.79 bits per heavy atom. The zero-order valence-electron chi connectivity index (χ0n) is 19.5. The molecule has 3 aromatic carbocycles. The zero-order chi connectivity index (χ0) is 26.8. The van der Waals surface area contributed by atoms with Gasteiger partial charge in [-0.2, -0.15) is 5.26 Å². The van der Waals surface area contributed by atoms with Crippen molar-refractivity contribution in [3.8, 4) is 23.2 Å². The molecule has 188 valence electrons. The van der Waals surface area contributed by atoms with Crippen LogP contribution in [0.25, 0.3) is 22.3 Å². The molecule has 5 aromatic rings. The Morgan fingerprint density at radius 1 is 0.974 bits per heavy atom. The van der Waals surface area contributed by atoms with Crippen LogP contribution in [0.5, 0.6) is 5.88 Å². The van der Waals surface area contributed by atoms with Crippen LogP contribution in [0.15, 0.2) is 73.1 Å². The molecule has 0 aliphatic heterocycles. The number of hydrogen-bond donors (Lipinski definition) is 1. The molecule has 0 atom stereocenters. The van der Waals surface area contributed by atoms with E-state index in [0.717, 1.165) is 18.2 Å². The first-order valence-electron chi connectivity index (χ1n) is 11.3. The highest BCUT2D eigenvalue weighted by Crippen LogP contribution is 2.27. The lowest BCUT2D eigenvalue weighted by Crippen LogP contribution is -2.04. The van der Waals surface area contributed by atoms with E-state index in [-0.39, 0.29) is 52.5 Å². The van der Waals surface area contributed by atoms with E-state index in [0.29, 0.717) is 11.0 Å². The van der Waals surface area contributed by atoms with E-state index >= 15 is 8.78 Å². The number of carboxylic acids is 1. The highest BCUT2D eigenvalue weighted by atomic mass is 19.1. The lowest BCUT2D eigenvalue weighted by molar-refractivity contribution is 0.0697. The fourth-order valence-electron chi connectivity index (χ4n) is 3.94. The number of carbonyl (C=O) groups is 1. The molecule has 1 N–H and O–H groups in total. The number of carboxylic acid groups (broad SMARTS) is 1. The van der Waals surface area contributed by atoms with Crippen LogP contribution in [0.1, 0.15) is 27.0 Å². The summed E-state index contributed by atoms with van der Waals surface area (Å²) in [7, 11) is 0. The number of pyridine rings is 1. The van der Waals surface area contributed by atoms with Crippen LogP contribution in [-0.4, -0.2) is 25.6 Å². The molecule has 0 radical (unpaired) electrons. The van der Waals surface area contributed by atoms with Crippen molar-refractivity contribution in [2.75, 3.05) is 0 Å². The molecule has 7 nitrogen and oxygen atoms in total. The Morgan fingerprint density at radius 3 is 2.55 bits per heavy atom. The number of ether oxygens (including phenoxy) is 1. The lowest BCUT2D eigenvalue weighted by atomic mass is 10.1. The Kier molecular flexibility index (Phi) is 6.49. The van der Waals surface area contributed by atoms with E-state index in [1.807, 2.05) is 6.07 Å². The highest BCUT2D eigenvalue weighted by Gasteiger charge is 2.16. The first-order valence-corrected chi connectivity index (χ1v) is 11.3. The SMILES string of the molecule is N#Cc1ccc(COc2cccc(-c3cc(F)c(Cn4cnc5ccc(C(=O)O)cc54)cc3F)n2)c(F)c1.